The lowest BCUT2D eigenvalue weighted by Gasteiger charge is -2.39. The molecule has 106 valence electrons. The summed E-state index contributed by atoms with van der Waals surface area (Å²) >= 11 is 0. The van der Waals surface area contributed by atoms with E-state index in [4.69, 9.17) is 0 Å². The molecular weight excluding hydrogens is 249 g/mol. The first kappa shape index (κ1) is 15.2. The number of hydrogen-bond donors (Lipinski definition) is 1. The second-order valence-corrected chi connectivity index (χ2v) is 4.80. The quantitative estimate of drug-likeness (QED) is 0.832. The largest absolute Gasteiger partial charge is 0.411 e. The second kappa shape index (κ2) is 5.88. The molecule has 18 heavy (non-hydrogen) atoms. The van der Waals surface area contributed by atoms with Crippen molar-refractivity contribution in [3.8, 4) is 0 Å². The average molecular weight is 268 g/mol. The number of nitrogens with zero attached hydrogens (tertiary/aromatic N) is 1. The summed E-state index contributed by atoms with van der Waals surface area (Å²) < 4.78 is 39.9. The summed E-state index contributed by atoms with van der Waals surface area (Å²) in [6, 6.07) is 0. The van der Waals surface area contributed by atoms with Crippen molar-refractivity contribution in [3.63, 3.8) is 0 Å². The third kappa shape index (κ3) is 4.81. The molecule has 7 heteroatoms. The number of likely N-dealkylation sites (tertiary alicyclic amines) is 1. The van der Waals surface area contributed by atoms with Gasteiger partial charge in [0.25, 0.3) is 0 Å². The minimum Gasteiger partial charge on any atom is -0.362 e. The molecule has 0 aromatic heterocycles. The Morgan fingerprint density at radius 2 is 1.94 bits per heavy atom. The molecule has 1 rings (SSSR count). The van der Waals surface area contributed by atoms with Crippen LogP contribution in [-0.4, -0.2) is 55.9 Å². The molecule has 0 spiro atoms. The van der Waals surface area contributed by atoms with Gasteiger partial charge in [-0.1, -0.05) is 0 Å². The number of hydrogen-bond acceptors (Lipinski definition) is 3. The number of alkyl halides is 3. The Morgan fingerprint density at radius 1 is 1.39 bits per heavy atom. The van der Waals surface area contributed by atoms with E-state index in [1.54, 1.807) is 4.90 Å². The second-order valence-electron chi connectivity index (χ2n) is 4.80. The van der Waals surface area contributed by atoms with E-state index in [0.717, 1.165) is 12.8 Å². The third-order valence-corrected chi connectivity index (χ3v) is 3.31. The highest BCUT2D eigenvalue weighted by atomic mass is 19.4. The standard InChI is InChI=1S/C11H19F3N2O2/c1-10(15-2)3-5-16(6-4-10)9(17)7-18-8-11(12,13)14/h15H,3-8H2,1-2H3. The van der Waals surface area contributed by atoms with Crippen LogP contribution < -0.4 is 5.32 Å². The van der Waals surface area contributed by atoms with Crippen molar-refractivity contribution in [2.45, 2.75) is 31.5 Å². The van der Waals surface area contributed by atoms with E-state index < -0.39 is 19.4 Å². The van der Waals surface area contributed by atoms with E-state index >= 15 is 0 Å². The van der Waals surface area contributed by atoms with Crippen molar-refractivity contribution in [2.75, 3.05) is 33.4 Å². The fourth-order valence-electron chi connectivity index (χ4n) is 1.85. The number of nitrogens with one attached hydrogen (secondary N) is 1. The molecule has 1 heterocycles. The Kier molecular flexibility index (Phi) is 4.98. The van der Waals surface area contributed by atoms with Gasteiger partial charge in [0.15, 0.2) is 0 Å². The van der Waals surface area contributed by atoms with Crippen LogP contribution >= 0.6 is 0 Å². The highest BCUT2D eigenvalue weighted by Gasteiger charge is 2.31. The van der Waals surface area contributed by atoms with Gasteiger partial charge in [-0.3, -0.25) is 4.79 Å². The number of amides is 1. The molecule has 0 atom stereocenters. The molecule has 1 saturated heterocycles. The van der Waals surface area contributed by atoms with Crippen LogP contribution in [0.5, 0.6) is 0 Å². The molecule has 0 bridgehead atoms. The van der Waals surface area contributed by atoms with Crippen molar-refractivity contribution in [1.29, 1.82) is 0 Å². The Hall–Kier alpha value is -0.820. The average Bonchev–Trinajstić information content (AvgIpc) is 2.28. The number of ether oxygens (including phenoxy) is 1. The lowest BCUT2D eigenvalue weighted by Crippen LogP contribution is -2.52. The topological polar surface area (TPSA) is 41.6 Å². The van der Waals surface area contributed by atoms with Crippen LogP contribution in [0.4, 0.5) is 13.2 Å². The van der Waals surface area contributed by atoms with Crippen LogP contribution in [0.2, 0.25) is 0 Å². The van der Waals surface area contributed by atoms with E-state index in [-0.39, 0.29) is 11.4 Å². The monoisotopic (exact) mass is 268 g/mol. The highest BCUT2D eigenvalue weighted by Crippen LogP contribution is 2.21. The molecule has 1 amide bonds. The van der Waals surface area contributed by atoms with Crippen molar-refractivity contribution >= 4 is 5.91 Å². The summed E-state index contributed by atoms with van der Waals surface area (Å²) in [6.07, 6.45) is -2.81. The summed E-state index contributed by atoms with van der Waals surface area (Å²) in [5, 5.41) is 3.18. The van der Waals surface area contributed by atoms with Crippen molar-refractivity contribution in [3.05, 3.63) is 0 Å². The number of carbonyl (C=O) groups is 1. The fourth-order valence-corrected chi connectivity index (χ4v) is 1.85. The van der Waals surface area contributed by atoms with Crippen LogP contribution in [-0.2, 0) is 9.53 Å². The molecule has 0 aromatic carbocycles. The van der Waals surface area contributed by atoms with Gasteiger partial charge < -0.3 is 15.0 Å². The predicted molar refractivity (Wildman–Crippen MR) is 60.2 cm³/mol. The van der Waals surface area contributed by atoms with E-state index in [1.807, 2.05) is 7.05 Å². The zero-order chi connectivity index (χ0) is 13.8. The minimum absolute atomic E-state index is 0.00358. The van der Waals surface area contributed by atoms with Gasteiger partial charge >= 0.3 is 6.18 Å². The lowest BCUT2D eigenvalue weighted by molar-refractivity contribution is -0.178. The number of piperidine rings is 1. The van der Waals surface area contributed by atoms with Gasteiger partial charge in [0.05, 0.1) is 0 Å². The van der Waals surface area contributed by atoms with Crippen molar-refractivity contribution < 1.29 is 22.7 Å². The predicted octanol–water partition coefficient (Wildman–Crippen LogP) is 1.17. The molecule has 4 nitrogen and oxygen atoms in total. The van der Waals surface area contributed by atoms with E-state index in [9.17, 15) is 18.0 Å². The van der Waals surface area contributed by atoms with Gasteiger partial charge in [-0.25, -0.2) is 0 Å². The normalized spacial score (nSPS) is 19.9. The third-order valence-electron chi connectivity index (χ3n) is 3.31. The fraction of sp³-hybridized carbons (Fsp3) is 0.909. The lowest BCUT2D eigenvalue weighted by atomic mass is 9.90. The molecule has 0 radical (unpaired) electrons. The summed E-state index contributed by atoms with van der Waals surface area (Å²) in [6.45, 7) is 1.28. The number of carbonyl (C=O) groups excluding carboxylic acids is 1. The first-order valence-electron chi connectivity index (χ1n) is 5.87. The van der Waals surface area contributed by atoms with Gasteiger partial charge in [-0.05, 0) is 26.8 Å². The van der Waals surface area contributed by atoms with Crippen LogP contribution in [0.25, 0.3) is 0 Å². The van der Waals surface area contributed by atoms with Gasteiger partial charge in [-0.2, -0.15) is 13.2 Å². The maximum Gasteiger partial charge on any atom is 0.411 e. The first-order chi connectivity index (χ1) is 8.26. The number of rotatable bonds is 4. The van der Waals surface area contributed by atoms with Gasteiger partial charge in [-0.15, -0.1) is 0 Å². The van der Waals surface area contributed by atoms with Crippen molar-refractivity contribution in [2.24, 2.45) is 0 Å². The summed E-state index contributed by atoms with van der Waals surface area (Å²) in [5.74, 6) is -0.377. The molecule has 1 fully saturated rings. The molecule has 0 saturated carbocycles. The molecule has 1 N–H and O–H groups in total. The zero-order valence-corrected chi connectivity index (χ0v) is 10.6. The van der Waals surface area contributed by atoms with Crippen LogP contribution in [0.3, 0.4) is 0 Å². The van der Waals surface area contributed by atoms with Gasteiger partial charge in [0.2, 0.25) is 5.91 Å². The Morgan fingerprint density at radius 3 is 2.39 bits per heavy atom. The SMILES string of the molecule is CNC1(C)CCN(C(=O)COCC(F)(F)F)CC1. The molecule has 0 aliphatic carbocycles. The van der Waals surface area contributed by atoms with Crippen molar-refractivity contribution in [1.82, 2.24) is 10.2 Å². The smallest absolute Gasteiger partial charge is 0.362 e. The maximum atomic E-state index is 11.8. The Labute approximate surface area is 104 Å². The molecule has 0 aromatic rings. The van der Waals surface area contributed by atoms with E-state index in [0.29, 0.717) is 13.1 Å². The molecule has 0 unspecified atom stereocenters. The zero-order valence-electron chi connectivity index (χ0n) is 10.6. The summed E-state index contributed by atoms with van der Waals surface area (Å²) in [5.41, 5.74) is 0.00358. The molecule has 1 aliphatic heterocycles. The van der Waals surface area contributed by atoms with Crippen LogP contribution in [0.15, 0.2) is 0 Å². The molecule has 1 aliphatic rings. The molecular formula is C11H19F3N2O2. The summed E-state index contributed by atoms with van der Waals surface area (Å²) in [7, 11) is 1.87. The van der Waals surface area contributed by atoms with E-state index in [1.165, 1.54) is 0 Å². The van der Waals surface area contributed by atoms with Crippen LogP contribution in [0.1, 0.15) is 19.8 Å². The Bertz CT molecular complexity index is 287. The Balaban J connectivity index is 2.28. The maximum absolute atomic E-state index is 11.8. The van der Waals surface area contributed by atoms with Crippen LogP contribution in [0, 0.1) is 0 Å². The number of halogens is 3. The van der Waals surface area contributed by atoms with Gasteiger partial charge in [0.1, 0.15) is 13.2 Å². The minimum atomic E-state index is -4.38. The highest BCUT2D eigenvalue weighted by molar-refractivity contribution is 5.77. The van der Waals surface area contributed by atoms with E-state index in [2.05, 4.69) is 17.0 Å². The summed E-state index contributed by atoms with van der Waals surface area (Å²) in [4.78, 5) is 13.1. The first-order valence-corrected chi connectivity index (χ1v) is 5.87. The van der Waals surface area contributed by atoms with Gasteiger partial charge in [0, 0.05) is 18.6 Å².